The Morgan fingerprint density at radius 1 is 1.29 bits per heavy atom. The third kappa shape index (κ3) is 4.32. The molecule has 1 aliphatic heterocycles. The van der Waals surface area contributed by atoms with Gasteiger partial charge in [-0.05, 0) is 49.1 Å². The van der Waals surface area contributed by atoms with E-state index in [2.05, 4.69) is 22.1 Å². The molecule has 2 heterocycles. The third-order valence-corrected chi connectivity index (χ3v) is 4.40. The molecule has 0 radical (unpaired) electrons. The van der Waals surface area contributed by atoms with Crippen molar-refractivity contribution in [3.63, 3.8) is 0 Å². The lowest BCUT2D eigenvalue weighted by Gasteiger charge is -2.30. The minimum Gasteiger partial charge on any atom is -0.329 e. The zero-order valence-corrected chi connectivity index (χ0v) is 13.9. The van der Waals surface area contributed by atoms with E-state index in [1.165, 1.54) is 30.7 Å². The summed E-state index contributed by atoms with van der Waals surface area (Å²) in [5, 5.41) is 2.82. The molecule has 0 saturated carbocycles. The van der Waals surface area contributed by atoms with Crippen LogP contribution in [0.15, 0.2) is 47.4 Å². The molecule has 5 heteroatoms. The monoisotopic (exact) mass is 325 g/mol. The van der Waals surface area contributed by atoms with Crippen LogP contribution in [0.2, 0.25) is 0 Å². The van der Waals surface area contributed by atoms with Gasteiger partial charge in [0.25, 0.3) is 5.91 Å². The van der Waals surface area contributed by atoms with Gasteiger partial charge in [-0.1, -0.05) is 19.1 Å². The van der Waals surface area contributed by atoms with E-state index in [0.29, 0.717) is 5.56 Å². The number of amides is 1. The van der Waals surface area contributed by atoms with Crippen LogP contribution in [0, 0.1) is 5.92 Å². The quantitative estimate of drug-likeness (QED) is 0.908. The van der Waals surface area contributed by atoms with Crippen molar-refractivity contribution in [1.82, 2.24) is 9.88 Å². The van der Waals surface area contributed by atoms with Crippen LogP contribution in [0.4, 0.5) is 5.69 Å². The van der Waals surface area contributed by atoms with Crippen LogP contribution in [0.1, 0.15) is 35.7 Å². The second kappa shape index (κ2) is 7.45. The molecule has 2 N–H and O–H groups in total. The van der Waals surface area contributed by atoms with Crippen LogP contribution >= 0.6 is 0 Å². The highest BCUT2D eigenvalue weighted by atomic mass is 16.2. The van der Waals surface area contributed by atoms with Gasteiger partial charge in [0.15, 0.2) is 0 Å². The first-order valence-corrected chi connectivity index (χ1v) is 8.41. The number of anilines is 1. The van der Waals surface area contributed by atoms with E-state index in [9.17, 15) is 9.59 Å². The van der Waals surface area contributed by atoms with Gasteiger partial charge in [-0.15, -0.1) is 0 Å². The number of hydrogen-bond acceptors (Lipinski definition) is 3. The molecule has 1 unspecified atom stereocenters. The van der Waals surface area contributed by atoms with Gasteiger partial charge < -0.3 is 10.3 Å². The fourth-order valence-electron chi connectivity index (χ4n) is 3.17. The SMILES string of the molecule is CC1CCCN(Cc2ccc(NC(=O)c3cc[nH]c(=O)c3)cc2)C1. The van der Waals surface area contributed by atoms with Crippen molar-refractivity contribution in [3.05, 3.63) is 64.1 Å². The van der Waals surface area contributed by atoms with Crippen molar-refractivity contribution < 1.29 is 4.79 Å². The van der Waals surface area contributed by atoms with Gasteiger partial charge in [0.1, 0.15) is 0 Å². The molecular weight excluding hydrogens is 302 g/mol. The van der Waals surface area contributed by atoms with E-state index >= 15 is 0 Å². The first kappa shape index (κ1) is 16.5. The number of piperidine rings is 1. The maximum atomic E-state index is 12.1. The summed E-state index contributed by atoms with van der Waals surface area (Å²) < 4.78 is 0. The van der Waals surface area contributed by atoms with Gasteiger partial charge in [-0.2, -0.15) is 0 Å². The average molecular weight is 325 g/mol. The molecule has 1 atom stereocenters. The summed E-state index contributed by atoms with van der Waals surface area (Å²) in [6, 6.07) is 10.8. The zero-order chi connectivity index (χ0) is 16.9. The molecule has 1 aromatic carbocycles. The smallest absolute Gasteiger partial charge is 0.255 e. The molecule has 126 valence electrons. The lowest BCUT2D eigenvalue weighted by atomic mass is 10.00. The summed E-state index contributed by atoms with van der Waals surface area (Å²) in [7, 11) is 0. The molecule has 1 fully saturated rings. The topological polar surface area (TPSA) is 65.2 Å². The maximum absolute atomic E-state index is 12.1. The maximum Gasteiger partial charge on any atom is 0.255 e. The third-order valence-electron chi connectivity index (χ3n) is 4.40. The number of nitrogens with zero attached hydrogens (tertiary/aromatic N) is 1. The minimum absolute atomic E-state index is 0.279. The number of hydrogen-bond donors (Lipinski definition) is 2. The Kier molecular flexibility index (Phi) is 5.11. The molecule has 0 aliphatic carbocycles. The lowest BCUT2D eigenvalue weighted by molar-refractivity contribution is 0.102. The number of nitrogens with one attached hydrogen (secondary N) is 2. The average Bonchev–Trinajstić information content (AvgIpc) is 2.57. The Hall–Kier alpha value is -2.40. The van der Waals surface area contributed by atoms with E-state index in [1.54, 1.807) is 6.07 Å². The largest absolute Gasteiger partial charge is 0.329 e. The van der Waals surface area contributed by atoms with Crippen molar-refractivity contribution >= 4 is 11.6 Å². The summed E-state index contributed by atoms with van der Waals surface area (Å²) in [6.45, 7) is 5.57. The van der Waals surface area contributed by atoms with Crippen LogP contribution in [0.5, 0.6) is 0 Å². The lowest BCUT2D eigenvalue weighted by Crippen LogP contribution is -2.33. The Morgan fingerprint density at radius 2 is 2.08 bits per heavy atom. The fourth-order valence-corrected chi connectivity index (χ4v) is 3.17. The Morgan fingerprint density at radius 3 is 2.79 bits per heavy atom. The normalized spacial score (nSPS) is 18.3. The van der Waals surface area contributed by atoms with Gasteiger partial charge in [0, 0.05) is 36.6 Å². The van der Waals surface area contributed by atoms with E-state index in [4.69, 9.17) is 0 Å². The van der Waals surface area contributed by atoms with E-state index in [1.807, 2.05) is 24.3 Å². The summed E-state index contributed by atoms with van der Waals surface area (Å²) >= 11 is 0. The van der Waals surface area contributed by atoms with Crippen LogP contribution in [-0.2, 0) is 6.54 Å². The first-order valence-electron chi connectivity index (χ1n) is 8.41. The summed E-state index contributed by atoms with van der Waals surface area (Å²) in [6.07, 6.45) is 4.06. The highest BCUT2D eigenvalue weighted by Crippen LogP contribution is 2.19. The standard InChI is InChI=1S/C19H23N3O2/c1-14-3-2-10-22(12-14)13-15-4-6-17(7-5-15)21-19(24)16-8-9-20-18(23)11-16/h4-9,11,14H,2-3,10,12-13H2,1H3,(H,20,23)(H,21,24). The van der Waals surface area contributed by atoms with Crippen molar-refractivity contribution in [2.24, 2.45) is 5.92 Å². The fraction of sp³-hybridized carbons (Fsp3) is 0.368. The van der Waals surface area contributed by atoms with E-state index in [0.717, 1.165) is 31.2 Å². The van der Waals surface area contributed by atoms with Crippen molar-refractivity contribution in [3.8, 4) is 0 Å². The van der Waals surface area contributed by atoms with Gasteiger partial charge in [-0.25, -0.2) is 0 Å². The number of likely N-dealkylation sites (tertiary alicyclic amines) is 1. The van der Waals surface area contributed by atoms with Gasteiger partial charge in [0.2, 0.25) is 5.56 Å². The van der Waals surface area contributed by atoms with Crippen LogP contribution in [-0.4, -0.2) is 28.9 Å². The molecular formula is C19H23N3O2. The molecule has 1 aromatic heterocycles. The predicted molar refractivity (Wildman–Crippen MR) is 95.1 cm³/mol. The summed E-state index contributed by atoms with van der Waals surface area (Å²) in [4.78, 5) is 28.4. The first-order chi connectivity index (χ1) is 11.6. The second-order valence-corrected chi connectivity index (χ2v) is 6.58. The number of pyridine rings is 1. The molecule has 1 saturated heterocycles. The predicted octanol–water partition coefficient (Wildman–Crippen LogP) is 2.86. The molecule has 1 aliphatic rings. The van der Waals surface area contributed by atoms with Crippen molar-refractivity contribution in [2.45, 2.75) is 26.3 Å². The molecule has 3 rings (SSSR count). The zero-order valence-electron chi connectivity index (χ0n) is 13.9. The van der Waals surface area contributed by atoms with E-state index in [-0.39, 0.29) is 11.5 Å². The number of benzene rings is 1. The van der Waals surface area contributed by atoms with E-state index < -0.39 is 0 Å². The summed E-state index contributed by atoms with van der Waals surface area (Å²) in [5.41, 5.74) is 2.05. The molecule has 2 aromatic rings. The highest BCUT2D eigenvalue weighted by Gasteiger charge is 2.16. The van der Waals surface area contributed by atoms with Crippen molar-refractivity contribution in [1.29, 1.82) is 0 Å². The Bertz CT molecular complexity index is 752. The Balaban J connectivity index is 1.60. The van der Waals surface area contributed by atoms with Crippen LogP contribution < -0.4 is 10.9 Å². The molecule has 0 spiro atoms. The highest BCUT2D eigenvalue weighted by molar-refractivity contribution is 6.04. The number of carbonyl (C=O) groups is 1. The number of rotatable bonds is 4. The number of H-pyrrole nitrogens is 1. The molecule has 0 bridgehead atoms. The second-order valence-electron chi connectivity index (χ2n) is 6.58. The number of aromatic amines is 1. The number of carbonyl (C=O) groups excluding carboxylic acids is 1. The van der Waals surface area contributed by atoms with Crippen molar-refractivity contribution in [2.75, 3.05) is 18.4 Å². The molecule has 24 heavy (non-hydrogen) atoms. The Labute approximate surface area is 141 Å². The van der Waals surface area contributed by atoms with Gasteiger partial charge in [-0.3, -0.25) is 14.5 Å². The molecule has 5 nitrogen and oxygen atoms in total. The molecule has 1 amide bonds. The minimum atomic E-state index is -0.284. The summed E-state index contributed by atoms with van der Waals surface area (Å²) in [5.74, 6) is 0.491. The van der Waals surface area contributed by atoms with Gasteiger partial charge in [0.05, 0.1) is 0 Å². The van der Waals surface area contributed by atoms with Crippen LogP contribution in [0.25, 0.3) is 0 Å². The van der Waals surface area contributed by atoms with Gasteiger partial charge >= 0.3 is 0 Å². The number of aromatic nitrogens is 1. The van der Waals surface area contributed by atoms with Crippen LogP contribution in [0.3, 0.4) is 0 Å².